The standard InChI is InChI=1S/C10H22FO2P/c1-8(2)6-7-10(5)13-14(11,12)9(3)4/h8-10H,6-7H2,1-5H3. The van der Waals surface area contributed by atoms with Crippen molar-refractivity contribution in [1.29, 1.82) is 0 Å². The molecular formula is C10H22FO2P. The summed E-state index contributed by atoms with van der Waals surface area (Å²) in [7, 11) is -3.88. The van der Waals surface area contributed by atoms with E-state index in [1.807, 2.05) is 0 Å². The summed E-state index contributed by atoms with van der Waals surface area (Å²) in [5.74, 6) is 0.569. The smallest absolute Gasteiger partial charge is 0.302 e. The highest BCUT2D eigenvalue weighted by Crippen LogP contribution is 2.54. The first-order chi connectivity index (χ1) is 6.25. The lowest BCUT2D eigenvalue weighted by atomic mass is 10.1. The SMILES string of the molecule is CC(C)CCC(C)OP(=O)(F)C(C)C. The van der Waals surface area contributed by atoms with Crippen molar-refractivity contribution >= 4 is 7.68 Å². The van der Waals surface area contributed by atoms with Crippen molar-refractivity contribution in [3.8, 4) is 0 Å². The zero-order valence-corrected chi connectivity index (χ0v) is 10.7. The molecule has 2 nitrogen and oxygen atoms in total. The summed E-state index contributed by atoms with van der Waals surface area (Å²) in [5.41, 5.74) is -0.538. The lowest BCUT2D eigenvalue weighted by molar-refractivity contribution is 0.185. The Morgan fingerprint density at radius 3 is 2.00 bits per heavy atom. The molecular weight excluding hydrogens is 202 g/mol. The molecule has 0 aliphatic rings. The van der Waals surface area contributed by atoms with Gasteiger partial charge in [-0.15, -0.1) is 0 Å². The Morgan fingerprint density at radius 1 is 1.14 bits per heavy atom. The van der Waals surface area contributed by atoms with Crippen LogP contribution in [0.25, 0.3) is 0 Å². The molecule has 0 bridgehead atoms. The van der Waals surface area contributed by atoms with Crippen LogP contribution in [0.1, 0.15) is 47.5 Å². The third-order valence-corrected chi connectivity index (χ3v) is 3.97. The number of hydrogen-bond donors (Lipinski definition) is 0. The first-order valence-electron chi connectivity index (χ1n) is 5.23. The molecule has 0 saturated carbocycles. The molecule has 0 aliphatic heterocycles. The van der Waals surface area contributed by atoms with Crippen LogP contribution in [0.5, 0.6) is 0 Å². The molecule has 86 valence electrons. The van der Waals surface area contributed by atoms with Crippen molar-refractivity contribution in [3.63, 3.8) is 0 Å². The average Bonchev–Trinajstić information content (AvgIpc) is 1.99. The molecule has 0 N–H and O–H groups in total. The monoisotopic (exact) mass is 224 g/mol. The van der Waals surface area contributed by atoms with Crippen molar-refractivity contribution in [2.24, 2.45) is 5.92 Å². The Balaban J connectivity index is 3.93. The van der Waals surface area contributed by atoms with Crippen LogP contribution in [-0.2, 0) is 9.09 Å². The van der Waals surface area contributed by atoms with Gasteiger partial charge < -0.3 is 4.52 Å². The molecule has 0 aliphatic carbocycles. The van der Waals surface area contributed by atoms with Gasteiger partial charge in [0.05, 0.1) is 11.8 Å². The van der Waals surface area contributed by atoms with E-state index in [1.165, 1.54) is 0 Å². The maximum Gasteiger partial charge on any atom is 0.370 e. The Labute approximate surface area is 86.8 Å². The maximum absolute atomic E-state index is 13.3. The van der Waals surface area contributed by atoms with E-state index < -0.39 is 13.3 Å². The molecule has 2 unspecified atom stereocenters. The molecule has 2 atom stereocenters. The van der Waals surface area contributed by atoms with E-state index in [9.17, 15) is 8.76 Å². The molecule has 4 heteroatoms. The molecule has 0 rings (SSSR count). The normalized spacial score (nSPS) is 18.6. The summed E-state index contributed by atoms with van der Waals surface area (Å²) in [5, 5.41) is 0. The molecule has 0 aromatic heterocycles. The van der Waals surface area contributed by atoms with Gasteiger partial charge in [0.25, 0.3) is 0 Å². The molecule has 0 aromatic rings. The molecule has 0 heterocycles. The van der Waals surface area contributed by atoms with Gasteiger partial charge in [-0.2, -0.15) is 4.20 Å². The summed E-state index contributed by atoms with van der Waals surface area (Å²) in [4.78, 5) is 0. The quantitative estimate of drug-likeness (QED) is 0.625. The van der Waals surface area contributed by atoms with Gasteiger partial charge in [0.1, 0.15) is 0 Å². The third-order valence-electron chi connectivity index (χ3n) is 2.09. The van der Waals surface area contributed by atoms with E-state index in [1.54, 1.807) is 20.8 Å². The fourth-order valence-corrected chi connectivity index (χ4v) is 1.83. The highest BCUT2D eigenvalue weighted by molar-refractivity contribution is 7.54. The third kappa shape index (κ3) is 5.77. The van der Waals surface area contributed by atoms with Gasteiger partial charge in [0.15, 0.2) is 0 Å². The van der Waals surface area contributed by atoms with Crippen molar-refractivity contribution in [2.75, 3.05) is 0 Å². The average molecular weight is 224 g/mol. The Hall–Kier alpha value is 0.120. The van der Waals surface area contributed by atoms with E-state index in [-0.39, 0.29) is 6.10 Å². The second kappa shape index (κ2) is 5.87. The first-order valence-corrected chi connectivity index (χ1v) is 6.82. The second-order valence-electron chi connectivity index (χ2n) is 4.50. The van der Waals surface area contributed by atoms with E-state index >= 15 is 0 Å². The van der Waals surface area contributed by atoms with Crippen LogP contribution in [0.3, 0.4) is 0 Å². The first kappa shape index (κ1) is 14.1. The maximum atomic E-state index is 13.3. The van der Waals surface area contributed by atoms with Crippen molar-refractivity contribution in [3.05, 3.63) is 0 Å². The lowest BCUT2D eigenvalue weighted by Crippen LogP contribution is -2.10. The topological polar surface area (TPSA) is 26.3 Å². The molecule has 0 fully saturated rings. The van der Waals surface area contributed by atoms with Gasteiger partial charge in [-0.3, -0.25) is 4.57 Å². The summed E-state index contributed by atoms with van der Waals surface area (Å²) >= 11 is 0. The molecule has 0 aromatic carbocycles. The number of rotatable bonds is 6. The van der Waals surface area contributed by atoms with E-state index in [0.29, 0.717) is 5.92 Å². The fraction of sp³-hybridized carbons (Fsp3) is 1.00. The Kier molecular flexibility index (Phi) is 5.92. The van der Waals surface area contributed by atoms with Crippen LogP contribution in [0.4, 0.5) is 4.20 Å². The minimum atomic E-state index is -3.88. The Morgan fingerprint density at radius 2 is 1.64 bits per heavy atom. The van der Waals surface area contributed by atoms with Gasteiger partial charge in [-0.25, -0.2) is 0 Å². The van der Waals surface area contributed by atoms with Crippen molar-refractivity contribution in [1.82, 2.24) is 0 Å². The van der Waals surface area contributed by atoms with E-state index in [2.05, 4.69) is 13.8 Å². The minimum absolute atomic E-state index is 0.254. The van der Waals surface area contributed by atoms with Gasteiger partial charge in [-0.05, 0) is 25.7 Å². The highest BCUT2D eigenvalue weighted by atomic mass is 31.2. The number of halogens is 1. The highest BCUT2D eigenvalue weighted by Gasteiger charge is 2.29. The van der Waals surface area contributed by atoms with Crippen molar-refractivity contribution < 1.29 is 13.3 Å². The summed E-state index contributed by atoms with van der Waals surface area (Å²) in [6, 6.07) is 0. The van der Waals surface area contributed by atoms with Crippen LogP contribution in [0.15, 0.2) is 0 Å². The Bertz CT molecular complexity index is 204. The predicted molar refractivity (Wildman–Crippen MR) is 58.5 cm³/mol. The van der Waals surface area contributed by atoms with Crippen molar-refractivity contribution in [2.45, 2.75) is 59.2 Å². The van der Waals surface area contributed by atoms with Gasteiger partial charge in [0.2, 0.25) is 0 Å². The molecule has 0 radical (unpaired) electrons. The van der Waals surface area contributed by atoms with Crippen LogP contribution in [0.2, 0.25) is 0 Å². The van der Waals surface area contributed by atoms with Crippen LogP contribution >= 0.6 is 7.68 Å². The number of hydrogen-bond acceptors (Lipinski definition) is 2. The summed E-state index contributed by atoms with van der Waals surface area (Å²) < 4.78 is 29.5. The van der Waals surface area contributed by atoms with Gasteiger partial charge >= 0.3 is 7.68 Å². The minimum Gasteiger partial charge on any atom is -0.302 e. The predicted octanol–water partition coefficient (Wildman–Crippen LogP) is 4.40. The zero-order chi connectivity index (χ0) is 11.4. The summed E-state index contributed by atoms with van der Waals surface area (Å²) in [6.45, 7) is 9.14. The molecule has 0 saturated heterocycles. The van der Waals surface area contributed by atoms with E-state index in [4.69, 9.17) is 4.52 Å². The molecule has 0 spiro atoms. The van der Waals surface area contributed by atoms with Crippen LogP contribution < -0.4 is 0 Å². The van der Waals surface area contributed by atoms with Crippen LogP contribution in [-0.4, -0.2) is 11.8 Å². The van der Waals surface area contributed by atoms with E-state index in [0.717, 1.165) is 12.8 Å². The van der Waals surface area contributed by atoms with Gasteiger partial charge in [-0.1, -0.05) is 27.7 Å². The second-order valence-corrected chi connectivity index (χ2v) is 6.79. The van der Waals surface area contributed by atoms with Gasteiger partial charge in [0, 0.05) is 0 Å². The summed E-state index contributed by atoms with van der Waals surface area (Å²) in [6.07, 6.45) is 1.48. The largest absolute Gasteiger partial charge is 0.370 e. The zero-order valence-electron chi connectivity index (χ0n) is 9.79. The molecule has 0 amide bonds. The lowest BCUT2D eigenvalue weighted by Gasteiger charge is -2.19. The fourth-order valence-electron chi connectivity index (χ4n) is 0.988. The molecule has 14 heavy (non-hydrogen) atoms. The van der Waals surface area contributed by atoms with Crippen LogP contribution in [0, 0.1) is 5.92 Å².